The molecule has 0 aromatic rings. The maximum Gasteiger partial charge on any atom is 0.293 e. The van der Waals surface area contributed by atoms with E-state index in [4.69, 9.17) is 15.2 Å². The van der Waals surface area contributed by atoms with Crippen molar-refractivity contribution in [3.63, 3.8) is 0 Å². The Kier molecular flexibility index (Phi) is 3.02. The zero-order chi connectivity index (χ0) is 15.3. The van der Waals surface area contributed by atoms with Crippen LogP contribution in [0.3, 0.4) is 0 Å². The van der Waals surface area contributed by atoms with Gasteiger partial charge in [-0.05, 0) is 13.3 Å². The van der Waals surface area contributed by atoms with E-state index in [0.717, 1.165) is 25.7 Å². The van der Waals surface area contributed by atoms with Crippen LogP contribution in [0.25, 0.3) is 0 Å². The maximum absolute atomic E-state index is 9.83. The Morgan fingerprint density at radius 2 is 2.14 bits per heavy atom. The molecule has 2 fully saturated rings. The average Bonchev–Trinajstić information content (AvgIpc) is 2.79. The molecule has 0 amide bonds. The Morgan fingerprint density at radius 3 is 2.67 bits per heavy atom. The predicted molar refractivity (Wildman–Crippen MR) is 74.6 cm³/mol. The van der Waals surface area contributed by atoms with Crippen molar-refractivity contribution < 1.29 is 9.47 Å². The van der Waals surface area contributed by atoms with E-state index in [-0.39, 0.29) is 17.9 Å². The molecule has 2 aliphatic heterocycles. The van der Waals surface area contributed by atoms with Crippen molar-refractivity contribution in [2.75, 3.05) is 6.61 Å². The summed E-state index contributed by atoms with van der Waals surface area (Å²) in [5.74, 6) is -1.34. The highest BCUT2D eigenvalue weighted by Crippen LogP contribution is 2.79. The van der Waals surface area contributed by atoms with Crippen LogP contribution in [0.15, 0.2) is 4.99 Å². The Balaban J connectivity index is 1.98. The molecule has 112 valence electrons. The lowest BCUT2D eigenvalue weighted by molar-refractivity contribution is -0.195. The van der Waals surface area contributed by atoms with Gasteiger partial charge >= 0.3 is 0 Å². The molecule has 5 atom stereocenters. The van der Waals surface area contributed by atoms with Gasteiger partial charge in [-0.1, -0.05) is 26.2 Å². The van der Waals surface area contributed by atoms with Crippen LogP contribution in [0.5, 0.6) is 0 Å². The first-order chi connectivity index (χ1) is 10.0. The molecule has 3 aliphatic rings. The Bertz CT molecular complexity index is 577. The number of fused-ring (bicyclic) bond motifs is 2. The minimum absolute atomic E-state index is 0.154. The standard InChI is InChI=1S/C15H20N4O2/c1-3-4-5-6-11-13(8-16)12(18)19-15(14(11,13)9-17)20-7-10(2)21-15/h10-11H,3-7H2,1-2H3,(H2,18,19)/t10-,11-,13+,14+,15+/m0/s1. The highest BCUT2D eigenvalue weighted by molar-refractivity contribution is 5.98. The summed E-state index contributed by atoms with van der Waals surface area (Å²) in [6.45, 7) is 4.35. The van der Waals surface area contributed by atoms with E-state index in [0.29, 0.717) is 6.61 Å². The van der Waals surface area contributed by atoms with Crippen LogP contribution >= 0.6 is 0 Å². The molecule has 1 saturated carbocycles. The highest BCUT2D eigenvalue weighted by Gasteiger charge is 2.93. The molecule has 1 spiro atoms. The second kappa shape index (κ2) is 4.43. The van der Waals surface area contributed by atoms with Gasteiger partial charge in [0.1, 0.15) is 11.3 Å². The lowest BCUT2D eigenvalue weighted by Crippen LogP contribution is -2.39. The van der Waals surface area contributed by atoms with Crippen molar-refractivity contribution in [2.45, 2.75) is 51.5 Å². The summed E-state index contributed by atoms with van der Waals surface area (Å²) in [6.07, 6.45) is 3.74. The van der Waals surface area contributed by atoms with Crippen molar-refractivity contribution in [1.29, 1.82) is 10.5 Å². The third-order valence-electron chi connectivity index (χ3n) is 5.08. The third kappa shape index (κ3) is 1.40. The summed E-state index contributed by atoms with van der Waals surface area (Å²) in [5.41, 5.74) is 3.91. The van der Waals surface area contributed by atoms with Crippen LogP contribution in [0.2, 0.25) is 0 Å². The lowest BCUT2D eigenvalue weighted by Gasteiger charge is -2.26. The number of hydrogen-bond acceptors (Lipinski definition) is 6. The molecular weight excluding hydrogens is 268 g/mol. The zero-order valence-electron chi connectivity index (χ0n) is 12.4. The molecule has 21 heavy (non-hydrogen) atoms. The molecule has 0 radical (unpaired) electrons. The summed E-state index contributed by atoms with van der Waals surface area (Å²) in [5, 5.41) is 19.5. The van der Waals surface area contributed by atoms with Crippen LogP contribution in [-0.4, -0.2) is 24.5 Å². The van der Waals surface area contributed by atoms with Crippen LogP contribution in [0.4, 0.5) is 0 Å². The summed E-state index contributed by atoms with van der Waals surface area (Å²) >= 11 is 0. The Labute approximate surface area is 124 Å². The van der Waals surface area contributed by atoms with Crippen molar-refractivity contribution in [3.05, 3.63) is 0 Å². The predicted octanol–water partition coefficient (Wildman–Crippen LogP) is 1.68. The number of hydrogen-bond donors (Lipinski definition) is 1. The van der Waals surface area contributed by atoms with E-state index in [1.807, 2.05) is 6.92 Å². The second-order valence-corrected chi connectivity index (χ2v) is 6.21. The van der Waals surface area contributed by atoms with Crippen LogP contribution in [-0.2, 0) is 9.47 Å². The van der Waals surface area contributed by atoms with Gasteiger partial charge < -0.3 is 15.2 Å². The number of nitrogens with zero attached hydrogens (tertiary/aromatic N) is 3. The van der Waals surface area contributed by atoms with Crippen molar-refractivity contribution in [1.82, 2.24) is 0 Å². The fraction of sp³-hybridized carbons (Fsp3) is 0.800. The van der Waals surface area contributed by atoms with Crippen LogP contribution in [0.1, 0.15) is 39.5 Å². The molecule has 2 heterocycles. The SMILES string of the molecule is CCCCC[C@@H]1[C@@]2(C#N)[C@@]3(N=C(N)[C@@]12C#N)OC[C@H](C)O3. The number of rotatable bonds is 4. The minimum atomic E-state index is -1.38. The normalized spacial score (nSPS) is 46.8. The molecule has 0 bridgehead atoms. The first-order valence-corrected chi connectivity index (χ1v) is 7.54. The molecule has 6 heteroatoms. The topological polar surface area (TPSA) is 104 Å². The van der Waals surface area contributed by atoms with Crippen molar-refractivity contribution in [3.8, 4) is 12.1 Å². The molecule has 1 aliphatic carbocycles. The van der Waals surface area contributed by atoms with E-state index >= 15 is 0 Å². The molecule has 1 saturated heterocycles. The molecule has 0 aromatic heterocycles. The van der Waals surface area contributed by atoms with Crippen LogP contribution < -0.4 is 5.73 Å². The molecule has 3 rings (SSSR count). The summed E-state index contributed by atoms with van der Waals surface area (Å²) in [7, 11) is 0. The van der Waals surface area contributed by atoms with Gasteiger partial charge in [0, 0.05) is 5.92 Å². The second-order valence-electron chi connectivity index (χ2n) is 6.21. The summed E-state index contributed by atoms with van der Waals surface area (Å²) in [4.78, 5) is 4.27. The molecule has 0 unspecified atom stereocenters. The van der Waals surface area contributed by atoms with Gasteiger partial charge in [0.05, 0.1) is 24.8 Å². The molecular formula is C15H20N4O2. The first kappa shape index (κ1) is 14.3. The van der Waals surface area contributed by atoms with Gasteiger partial charge in [-0.15, -0.1) is 0 Å². The maximum atomic E-state index is 9.83. The number of nitrogens with two attached hydrogens (primary N) is 1. The van der Waals surface area contributed by atoms with Crippen LogP contribution in [0, 0.1) is 39.4 Å². The van der Waals surface area contributed by atoms with Gasteiger partial charge in [0.2, 0.25) is 0 Å². The number of ether oxygens (including phenoxy) is 2. The fourth-order valence-electron chi connectivity index (χ4n) is 4.06. The van der Waals surface area contributed by atoms with Gasteiger partial charge in [-0.2, -0.15) is 10.5 Å². The minimum Gasteiger partial charge on any atom is -0.386 e. The van der Waals surface area contributed by atoms with Gasteiger partial charge in [0.25, 0.3) is 5.91 Å². The van der Waals surface area contributed by atoms with Gasteiger partial charge in [-0.3, -0.25) is 0 Å². The summed E-state index contributed by atoms with van der Waals surface area (Å²) < 4.78 is 11.6. The van der Waals surface area contributed by atoms with Gasteiger partial charge in [0.15, 0.2) is 5.41 Å². The van der Waals surface area contributed by atoms with Gasteiger partial charge in [-0.25, -0.2) is 4.99 Å². The fourth-order valence-corrected chi connectivity index (χ4v) is 4.06. The van der Waals surface area contributed by atoms with E-state index in [1.165, 1.54) is 0 Å². The van der Waals surface area contributed by atoms with E-state index < -0.39 is 16.7 Å². The largest absolute Gasteiger partial charge is 0.386 e. The van der Waals surface area contributed by atoms with E-state index in [9.17, 15) is 10.5 Å². The quantitative estimate of drug-likeness (QED) is 0.792. The average molecular weight is 288 g/mol. The Morgan fingerprint density at radius 1 is 1.38 bits per heavy atom. The molecule has 6 nitrogen and oxygen atoms in total. The molecule has 2 N–H and O–H groups in total. The number of unbranched alkanes of at least 4 members (excludes halogenated alkanes) is 2. The zero-order valence-corrected chi connectivity index (χ0v) is 12.4. The highest BCUT2D eigenvalue weighted by atomic mass is 16.8. The number of nitriles is 2. The summed E-state index contributed by atoms with van der Waals surface area (Å²) in [6, 6.07) is 4.56. The number of amidine groups is 1. The first-order valence-electron chi connectivity index (χ1n) is 7.54. The van der Waals surface area contributed by atoms with Crippen molar-refractivity contribution in [2.24, 2.45) is 27.5 Å². The van der Waals surface area contributed by atoms with E-state index in [2.05, 4.69) is 24.1 Å². The van der Waals surface area contributed by atoms with Crippen molar-refractivity contribution >= 4 is 5.84 Å². The lowest BCUT2D eigenvalue weighted by atomic mass is 9.94. The number of aliphatic imine (C=N–C) groups is 1. The molecule has 0 aromatic carbocycles. The Hall–Kier alpha value is -1.63. The third-order valence-corrected chi connectivity index (χ3v) is 5.08. The smallest absolute Gasteiger partial charge is 0.293 e. The monoisotopic (exact) mass is 288 g/mol. The van der Waals surface area contributed by atoms with E-state index in [1.54, 1.807) is 0 Å².